The van der Waals surface area contributed by atoms with Gasteiger partial charge in [-0.05, 0) is 30.7 Å². The Labute approximate surface area is 89.1 Å². The first-order valence-corrected chi connectivity index (χ1v) is 4.61. The molecular formula is C12H13NO2. The second-order valence-electron chi connectivity index (χ2n) is 3.07. The highest BCUT2D eigenvalue weighted by atomic mass is 16.2. The SMILES string of the molecule is CNC(=O)c1ccc(C#CCO)c(C)c1. The van der Waals surface area contributed by atoms with Gasteiger partial charge in [0.05, 0.1) is 0 Å². The fourth-order valence-corrected chi connectivity index (χ4v) is 1.22. The zero-order valence-corrected chi connectivity index (χ0v) is 8.79. The van der Waals surface area contributed by atoms with Gasteiger partial charge in [0.25, 0.3) is 5.91 Å². The number of aliphatic hydroxyl groups excluding tert-OH is 1. The Morgan fingerprint density at radius 2 is 2.27 bits per heavy atom. The number of nitrogens with one attached hydrogen (secondary N) is 1. The van der Waals surface area contributed by atoms with E-state index in [-0.39, 0.29) is 12.5 Å². The minimum absolute atomic E-state index is 0.111. The second-order valence-corrected chi connectivity index (χ2v) is 3.07. The maximum absolute atomic E-state index is 11.3. The van der Waals surface area contributed by atoms with Crippen LogP contribution < -0.4 is 5.32 Å². The Kier molecular flexibility index (Phi) is 3.90. The molecule has 1 aromatic carbocycles. The molecule has 0 saturated carbocycles. The van der Waals surface area contributed by atoms with Crippen molar-refractivity contribution in [2.24, 2.45) is 0 Å². The maximum atomic E-state index is 11.3. The number of hydrogen-bond donors (Lipinski definition) is 2. The lowest BCUT2D eigenvalue weighted by Crippen LogP contribution is -2.17. The number of rotatable bonds is 1. The summed E-state index contributed by atoms with van der Waals surface area (Å²) in [5.41, 5.74) is 2.37. The van der Waals surface area contributed by atoms with Crippen molar-refractivity contribution in [1.82, 2.24) is 5.32 Å². The van der Waals surface area contributed by atoms with Crippen molar-refractivity contribution >= 4 is 5.91 Å². The van der Waals surface area contributed by atoms with Crippen LogP contribution in [-0.4, -0.2) is 24.7 Å². The molecule has 0 radical (unpaired) electrons. The van der Waals surface area contributed by atoms with Crippen molar-refractivity contribution in [1.29, 1.82) is 0 Å². The summed E-state index contributed by atoms with van der Waals surface area (Å²) in [5, 5.41) is 11.1. The molecule has 3 heteroatoms. The molecule has 1 aromatic rings. The van der Waals surface area contributed by atoms with Gasteiger partial charge >= 0.3 is 0 Å². The molecule has 0 bridgehead atoms. The lowest BCUT2D eigenvalue weighted by molar-refractivity contribution is 0.0963. The van der Waals surface area contributed by atoms with Crippen molar-refractivity contribution in [3.8, 4) is 11.8 Å². The van der Waals surface area contributed by atoms with E-state index in [0.29, 0.717) is 5.56 Å². The van der Waals surface area contributed by atoms with Crippen LogP contribution in [0.1, 0.15) is 21.5 Å². The lowest BCUT2D eigenvalue weighted by atomic mass is 10.1. The lowest BCUT2D eigenvalue weighted by Gasteiger charge is -2.02. The van der Waals surface area contributed by atoms with E-state index in [4.69, 9.17) is 5.11 Å². The van der Waals surface area contributed by atoms with Crippen LogP contribution in [0.4, 0.5) is 0 Å². The van der Waals surface area contributed by atoms with Crippen LogP contribution >= 0.6 is 0 Å². The minimum atomic E-state index is -0.156. The average molecular weight is 203 g/mol. The fraction of sp³-hybridized carbons (Fsp3) is 0.250. The Hall–Kier alpha value is -1.79. The number of benzene rings is 1. The van der Waals surface area contributed by atoms with Gasteiger partial charge in [-0.15, -0.1) is 0 Å². The molecule has 0 aliphatic heterocycles. The molecule has 0 fully saturated rings. The third-order valence-corrected chi connectivity index (χ3v) is 2.02. The van der Waals surface area contributed by atoms with E-state index in [2.05, 4.69) is 17.2 Å². The molecule has 1 rings (SSSR count). The molecule has 3 nitrogen and oxygen atoms in total. The number of amides is 1. The van der Waals surface area contributed by atoms with Gasteiger partial charge in [0.1, 0.15) is 6.61 Å². The molecule has 0 aliphatic carbocycles. The molecule has 0 atom stereocenters. The first kappa shape index (κ1) is 11.3. The Balaban J connectivity index is 3.03. The van der Waals surface area contributed by atoms with Crippen molar-refractivity contribution < 1.29 is 9.90 Å². The number of carbonyl (C=O) groups excluding carboxylic acids is 1. The number of carbonyl (C=O) groups is 1. The van der Waals surface area contributed by atoms with E-state index < -0.39 is 0 Å². The van der Waals surface area contributed by atoms with E-state index in [9.17, 15) is 4.79 Å². The summed E-state index contributed by atoms with van der Waals surface area (Å²) in [6, 6.07) is 5.27. The van der Waals surface area contributed by atoms with Crippen LogP contribution in [0.3, 0.4) is 0 Å². The van der Waals surface area contributed by atoms with Gasteiger partial charge in [-0.3, -0.25) is 4.79 Å². The van der Waals surface area contributed by atoms with Crippen molar-refractivity contribution in [3.05, 3.63) is 34.9 Å². The first-order chi connectivity index (χ1) is 7.19. The summed E-state index contributed by atoms with van der Waals surface area (Å²) >= 11 is 0. The van der Waals surface area contributed by atoms with E-state index in [1.165, 1.54) is 0 Å². The monoisotopic (exact) mass is 203 g/mol. The van der Waals surface area contributed by atoms with Gasteiger partial charge in [-0.25, -0.2) is 0 Å². The normalized spacial score (nSPS) is 9.00. The van der Waals surface area contributed by atoms with Crippen molar-refractivity contribution in [3.63, 3.8) is 0 Å². The van der Waals surface area contributed by atoms with E-state index in [0.717, 1.165) is 11.1 Å². The molecule has 1 amide bonds. The second kappa shape index (κ2) is 5.18. The van der Waals surface area contributed by atoms with Crippen molar-refractivity contribution in [2.45, 2.75) is 6.92 Å². The predicted octanol–water partition coefficient (Wildman–Crippen LogP) is 0.698. The predicted molar refractivity (Wildman–Crippen MR) is 58.5 cm³/mol. The zero-order valence-electron chi connectivity index (χ0n) is 8.79. The molecule has 0 aliphatic rings. The van der Waals surface area contributed by atoms with Gasteiger partial charge in [0.15, 0.2) is 0 Å². The van der Waals surface area contributed by atoms with E-state index >= 15 is 0 Å². The Morgan fingerprint density at radius 3 is 2.80 bits per heavy atom. The van der Waals surface area contributed by atoms with E-state index in [1.807, 2.05) is 6.92 Å². The number of hydrogen-bond acceptors (Lipinski definition) is 2. The van der Waals surface area contributed by atoms with Gasteiger partial charge in [0.2, 0.25) is 0 Å². The summed E-state index contributed by atoms with van der Waals surface area (Å²) in [6.07, 6.45) is 0. The highest BCUT2D eigenvalue weighted by Gasteiger charge is 2.04. The fourth-order valence-electron chi connectivity index (χ4n) is 1.22. The molecule has 2 N–H and O–H groups in total. The quantitative estimate of drug-likeness (QED) is 0.660. The van der Waals surface area contributed by atoms with Gasteiger partial charge in [0, 0.05) is 18.2 Å². The zero-order chi connectivity index (χ0) is 11.3. The van der Waals surface area contributed by atoms with Gasteiger partial charge < -0.3 is 10.4 Å². The summed E-state index contributed by atoms with van der Waals surface area (Å²) in [6.45, 7) is 1.73. The standard InChI is InChI=1S/C12H13NO2/c1-9-8-11(12(15)13-2)6-5-10(9)4-3-7-14/h5-6,8,14H,7H2,1-2H3,(H,13,15). The molecule has 0 unspecified atom stereocenters. The minimum Gasteiger partial charge on any atom is -0.384 e. The topological polar surface area (TPSA) is 49.3 Å². The Bertz CT molecular complexity index is 427. The molecular weight excluding hydrogens is 190 g/mol. The number of aryl methyl sites for hydroxylation is 1. The molecule has 0 heterocycles. The molecule has 0 aromatic heterocycles. The maximum Gasteiger partial charge on any atom is 0.251 e. The van der Waals surface area contributed by atoms with Crippen molar-refractivity contribution in [2.75, 3.05) is 13.7 Å². The third kappa shape index (κ3) is 2.83. The molecule has 0 saturated heterocycles. The highest BCUT2D eigenvalue weighted by Crippen LogP contribution is 2.09. The number of aliphatic hydroxyl groups is 1. The summed E-state index contributed by atoms with van der Waals surface area (Å²) < 4.78 is 0. The Morgan fingerprint density at radius 1 is 1.53 bits per heavy atom. The van der Waals surface area contributed by atoms with E-state index in [1.54, 1.807) is 25.2 Å². The van der Waals surface area contributed by atoms with Crippen LogP contribution in [0.2, 0.25) is 0 Å². The first-order valence-electron chi connectivity index (χ1n) is 4.61. The van der Waals surface area contributed by atoms with Crippen LogP contribution in [0.25, 0.3) is 0 Å². The molecule has 15 heavy (non-hydrogen) atoms. The van der Waals surface area contributed by atoms with Crippen LogP contribution in [0.15, 0.2) is 18.2 Å². The van der Waals surface area contributed by atoms with Crippen LogP contribution in [0.5, 0.6) is 0 Å². The smallest absolute Gasteiger partial charge is 0.251 e. The largest absolute Gasteiger partial charge is 0.384 e. The van der Waals surface area contributed by atoms with Gasteiger partial charge in [-0.1, -0.05) is 11.8 Å². The van der Waals surface area contributed by atoms with Crippen LogP contribution in [-0.2, 0) is 0 Å². The highest BCUT2D eigenvalue weighted by molar-refractivity contribution is 5.94. The summed E-state index contributed by atoms with van der Waals surface area (Å²) in [5.74, 6) is 5.28. The average Bonchev–Trinajstić information content (AvgIpc) is 2.26. The van der Waals surface area contributed by atoms with Crippen LogP contribution in [0, 0.1) is 18.8 Å². The third-order valence-electron chi connectivity index (χ3n) is 2.02. The molecule has 0 spiro atoms. The summed E-state index contributed by atoms with van der Waals surface area (Å²) in [7, 11) is 1.59. The summed E-state index contributed by atoms with van der Waals surface area (Å²) in [4.78, 5) is 11.3. The molecule has 78 valence electrons. The van der Waals surface area contributed by atoms with Gasteiger partial charge in [-0.2, -0.15) is 0 Å².